The van der Waals surface area contributed by atoms with Gasteiger partial charge in [0.1, 0.15) is 11.3 Å². The van der Waals surface area contributed by atoms with Gasteiger partial charge in [-0.05, 0) is 49.9 Å². The van der Waals surface area contributed by atoms with Crippen molar-refractivity contribution in [3.63, 3.8) is 0 Å². The molecule has 2 heterocycles. The van der Waals surface area contributed by atoms with Crippen molar-refractivity contribution in [3.05, 3.63) is 47.0 Å². The quantitative estimate of drug-likeness (QED) is 0.608. The average Bonchev–Trinajstić information content (AvgIpc) is 3.16. The molecule has 1 aliphatic rings. The SMILES string of the molecule is Cn1cc(-c2cc(S(C)(=N)=O)ccc2OC2CCC(O)CC2)c2cc[nH]c2c1=O. The summed E-state index contributed by atoms with van der Waals surface area (Å²) in [7, 11) is -1.23. The van der Waals surface area contributed by atoms with Gasteiger partial charge in [-0.15, -0.1) is 0 Å². The lowest BCUT2D eigenvalue weighted by atomic mass is 9.95. The summed E-state index contributed by atoms with van der Waals surface area (Å²) in [4.78, 5) is 15.8. The molecule has 154 valence electrons. The molecular weight excluding hydrogens is 390 g/mol. The number of hydrogen-bond acceptors (Lipinski definition) is 5. The van der Waals surface area contributed by atoms with Crippen molar-refractivity contribution in [1.82, 2.24) is 9.55 Å². The van der Waals surface area contributed by atoms with Crippen LogP contribution in [0.25, 0.3) is 22.0 Å². The van der Waals surface area contributed by atoms with Crippen LogP contribution in [0.1, 0.15) is 25.7 Å². The summed E-state index contributed by atoms with van der Waals surface area (Å²) in [6.07, 6.45) is 7.50. The van der Waals surface area contributed by atoms with E-state index in [-0.39, 0.29) is 17.8 Å². The molecule has 0 amide bonds. The standard InChI is InChI=1S/C21H25N3O4S/c1-24-12-18(16-9-10-23-20(16)21(24)26)17-11-15(29(2,22)27)7-8-19(17)28-14-5-3-13(25)4-6-14/h7-14,22-23,25H,3-6H2,1-2H3. The summed E-state index contributed by atoms with van der Waals surface area (Å²) in [5, 5.41) is 10.5. The number of H-pyrrole nitrogens is 1. The van der Waals surface area contributed by atoms with E-state index in [9.17, 15) is 14.1 Å². The Balaban J connectivity index is 1.87. The molecule has 0 radical (unpaired) electrons. The maximum Gasteiger partial charge on any atom is 0.274 e. The van der Waals surface area contributed by atoms with Gasteiger partial charge in [0.05, 0.1) is 21.9 Å². The van der Waals surface area contributed by atoms with Gasteiger partial charge < -0.3 is 19.4 Å². The van der Waals surface area contributed by atoms with Gasteiger partial charge in [0, 0.05) is 47.1 Å². The first-order valence-electron chi connectivity index (χ1n) is 9.63. The Morgan fingerprint density at radius 3 is 2.62 bits per heavy atom. The first-order valence-corrected chi connectivity index (χ1v) is 11.6. The highest BCUT2D eigenvalue weighted by Gasteiger charge is 2.23. The zero-order chi connectivity index (χ0) is 20.8. The molecule has 3 N–H and O–H groups in total. The number of fused-ring (bicyclic) bond motifs is 1. The molecule has 1 aliphatic carbocycles. The number of nitrogens with zero attached hydrogens (tertiary/aromatic N) is 1. The van der Waals surface area contributed by atoms with Gasteiger partial charge >= 0.3 is 0 Å². The highest BCUT2D eigenvalue weighted by Crippen LogP contribution is 2.37. The number of aromatic nitrogens is 2. The normalized spacial score (nSPS) is 21.8. The Morgan fingerprint density at radius 2 is 1.93 bits per heavy atom. The van der Waals surface area contributed by atoms with E-state index in [1.165, 1.54) is 10.8 Å². The second-order valence-electron chi connectivity index (χ2n) is 7.78. The smallest absolute Gasteiger partial charge is 0.274 e. The van der Waals surface area contributed by atoms with Crippen LogP contribution in [0.15, 0.2) is 46.3 Å². The van der Waals surface area contributed by atoms with E-state index in [1.807, 2.05) is 6.07 Å². The number of benzene rings is 1. The number of pyridine rings is 1. The van der Waals surface area contributed by atoms with Crippen molar-refractivity contribution in [2.45, 2.75) is 42.8 Å². The van der Waals surface area contributed by atoms with Crippen LogP contribution in [-0.2, 0) is 16.8 Å². The monoisotopic (exact) mass is 415 g/mol. The lowest BCUT2D eigenvalue weighted by Crippen LogP contribution is -2.26. The Morgan fingerprint density at radius 1 is 1.21 bits per heavy atom. The number of rotatable bonds is 4. The number of aliphatic hydroxyl groups is 1. The average molecular weight is 416 g/mol. The van der Waals surface area contributed by atoms with Crippen LogP contribution in [0.3, 0.4) is 0 Å². The molecule has 1 atom stereocenters. The molecule has 0 aliphatic heterocycles. The van der Waals surface area contributed by atoms with Crippen LogP contribution in [0.5, 0.6) is 5.75 Å². The topological polar surface area (TPSA) is 108 Å². The summed E-state index contributed by atoms with van der Waals surface area (Å²) >= 11 is 0. The molecule has 1 saturated carbocycles. The lowest BCUT2D eigenvalue weighted by molar-refractivity contribution is 0.0668. The van der Waals surface area contributed by atoms with Crippen LogP contribution in [0.2, 0.25) is 0 Å². The van der Waals surface area contributed by atoms with Crippen molar-refractivity contribution in [3.8, 4) is 16.9 Å². The maximum atomic E-state index is 12.4. The Bertz CT molecular complexity index is 1220. The fourth-order valence-electron chi connectivity index (χ4n) is 3.89. The molecule has 1 unspecified atom stereocenters. The zero-order valence-corrected chi connectivity index (χ0v) is 17.3. The van der Waals surface area contributed by atoms with E-state index in [4.69, 9.17) is 9.52 Å². The summed E-state index contributed by atoms with van der Waals surface area (Å²) in [6.45, 7) is 0. The third-order valence-corrected chi connectivity index (χ3v) is 6.68. The lowest BCUT2D eigenvalue weighted by Gasteiger charge is -2.27. The summed E-state index contributed by atoms with van der Waals surface area (Å²) < 4.78 is 28.2. The number of nitrogens with one attached hydrogen (secondary N) is 2. The minimum absolute atomic E-state index is 0.0146. The Hall–Kier alpha value is -2.58. The number of aliphatic hydroxyl groups excluding tert-OH is 1. The predicted molar refractivity (Wildman–Crippen MR) is 113 cm³/mol. The molecule has 1 fully saturated rings. The van der Waals surface area contributed by atoms with Crippen molar-refractivity contribution in [2.24, 2.45) is 7.05 Å². The van der Waals surface area contributed by atoms with Crippen LogP contribution < -0.4 is 10.3 Å². The van der Waals surface area contributed by atoms with Crippen LogP contribution >= 0.6 is 0 Å². The number of aryl methyl sites for hydroxylation is 1. The van der Waals surface area contributed by atoms with E-state index >= 15 is 0 Å². The number of aromatic amines is 1. The molecule has 3 aromatic rings. The van der Waals surface area contributed by atoms with Crippen molar-refractivity contribution >= 4 is 20.6 Å². The van der Waals surface area contributed by atoms with Gasteiger partial charge in [-0.25, -0.2) is 8.99 Å². The molecule has 4 rings (SSSR count). The van der Waals surface area contributed by atoms with Gasteiger partial charge in [0.25, 0.3) is 5.56 Å². The van der Waals surface area contributed by atoms with Crippen LogP contribution in [0, 0.1) is 4.78 Å². The highest BCUT2D eigenvalue weighted by atomic mass is 32.2. The van der Waals surface area contributed by atoms with E-state index in [0.717, 1.165) is 23.8 Å². The fourth-order valence-corrected chi connectivity index (χ4v) is 4.56. The first-order chi connectivity index (χ1) is 13.7. The zero-order valence-electron chi connectivity index (χ0n) is 16.5. The first kappa shape index (κ1) is 19.7. The van der Waals surface area contributed by atoms with Gasteiger partial charge in [-0.2, -0.15) is 0 Å². The Kier molecular flexibility index (Phi) is 5.00. The van der Waals surface area contributed by atoms with E-state index in [1.54, 1.807) is 37.6 Å². The fraction of sp³-hybridized carbons (Fsp3) is 0.381. The number of ether oxygens (including phenoxy) is 1. The molecule has 0 saturated heterocycles. The third-order valence-electron chi connectivity index (χ3n) is 5.52. The van der Waals surface area contributed by atoms with Gasteiger partial charge in [0.15, 0.2) is 0 Å². The predicted octanol–water partition coefficient (Wildman–Crippen LogP) is 3.25. The second kappa shape index (κ2) is 7.35. The van der Waals surface area contributed by atoms with E-state index < -0.39 is 9.73 Å². The van der Waals surface area contributed by atoms with Crippen molar-refractivity contribution in [1.29, 1.82) is 4.78 Å². The van der Waals surface area contributed by atoms with Crippen molar-refractivity contribution < 1.29 is 14.1 Å². The molecule has 1 aromatic carbocycles. The molecule has 0 bridgehead atoms. The molecule has 29 heavy (non-hydrogen) atoms. The van der Waals surface area contributed by atoms with Crippen molar-refractivity contribution in [2.75, 3.05) is 6.26 Å². The molecule has 8 heteroatoms. The Labute approximate surface area is 169 Å². The van der Waals surface area contributed by atoms with Crippen LogP contribution in [0.4, 0.5) is 0 Å². The minimum Gasteiger partial charge on any atom is -0.490 e. The highest BCUT2D eigenvalue weighted by molar-refractivity contribution is 7.91. The number of hydrogen-bond donors (Lipinski definition) is 3. The summed E-state index contributed by atoms with van der Waals surface area (Å²) in [6, 6.07) is 7.00. The molecular formula is C21H25N3O4S. The summed E-state index contributed by atoms with van der Waals surface area (Å²) in [5.74, 6) is 0.625. The largest absolute Gasteiger partial charge is 0.490 e. The molecule has 7 nitrogen and oxygen atoms in total. The third kappa shape index (κ3) is 3.82. The minimum atomic E-state index is -2.91. The maximum absolute atomic E-state index is 12.4. The van der Waals surface area contributed by atoms with E-state index in [2.05, 4.69) is 4.98 Å². The van der Waals surface area contributed by atoms with Gasteiger partial charge in [-0.1, -0.05) is 0 Å². The molecule has 0 spiro atoms. The second-order valence-corrected chi connectivity index (χ2v) is 9.93. The van der Waals surface area contributed by atoms with Gasteiger partial charge in [-0.3, -0.25) is 4.79 Å². The summed E-state index contributed by atoms with van der Waals surface area (Å²) in [5.41, 5.74) is 1.84. The van der Waals surface area contributed by atoms with Gasteiger partial charge in [0.2, 0.25) is 0 Å². The molecule has 2 aromatic heterocycles. The van der Waals surface area contributed by atoms with Crippen LogP contribution in [-0.4, -0.2) is 37.3 Å². The van der Waals surface area contributed by atoms with E-state index in [0.29, 0.717) is 34.6 Å².